The summed E-state index contributed by atoms with van der Waals surface area (Å²) >= 11 is 0. The van der Waals surface area contributed by atoms with Crippen LogP contribution in [0.15, 0.2) is 18.2 Å². The number of rotatable bonds is 2. The van der Waals surface area contributed by atoms with Gasteiger partial charge < -0.3 is 5.73 Å². The second kappa shape index (κ2) is 3.81. The highest BCUT2D eigenvalue weighted by Gasteiger charge is 2.13. The van der Waals surface area contributed by atoms with Crippen molar-refractivity contribution in [3.05, 3.63) is 34.9 Å². The Morgan fingerprint density at radius 1 is 1.36 bits per heavy atom. The van der Waals surface area contributed by atoms with Gasteiger partial charge in [0.05, 0.1) is 12.5 Å². The average molecular weight is 186 g/mol. The lowest BCUT2D eigenvalue weighted by atomic mass is 10.0. The van der Waals surface area contributed by atoms with E-state index in [1.54, 1.807) is 0 Å². The third kappa shape index (κ3) is 1.64. The number of nitriles is 1. The van der Waals surface area contributed by atoms with Crippen LogP contribution in [-0.4, -0.2) is 0 Å². The summed E-state index contributed by atoms with van der Waals surface area (Å²) in [5, 5.41) is 8.56. The van der Waals surface area contributed by atoms with Gasteiger partial charge in [-0.05, 0) is 36.0 Å². The molecule has 0 heterocycles. The fourth-order valence-corrected chi connectivity index (χ4v) is 2.04. The Kier molecular flexibility index (Phi) is 2.51. The molecular formula is C12H14N2. The fraction of sp³-hybridized carbons (Fsp3) is 0.417. The van der Waals surface area contributed by atoms with Gasteiger partial charge in [0.25, 0.3) is 0 Å². The van der Waals surface area contributed by atoms with E-state index in [0.29, 0.717) is 6.42 Å². The van der Waals surface area contributed by atoms with Crippen LogP contribution >= 0.6 is 0 Å². The number of aryl methyl sites for hydroxylation is 2. The highest BCUT2D eigenvalue weighted by Crippen LogP contribution is 2.25. The fourth-order valence-electron chi connectivity index (χ4n) is 2.04. The van der Waals surface area contributed by atoms with E-state index in [4.69, 9.17) is 11.0 Å². The Balaban J connectivity index is 2.25. The second-order valence-corrected chi connectivity index (χ2v) is 3.85. The van der Waals surface area contributed by atoms with E-state index < -0.39 is 0 Å². The monoisotopic (exact) mass is 186 g/mol. The van der Waals surface area contributed by atoms with Crippen LogP contribution in [0, 0.1) is 11.3 Å². The van der Waals surface area contributed by atoms with Gasteiger partial charge in [0.15, 0.2) is 0 Å². The zero-order valence-electron chi connectivity index (χ0n) is 8.16. The van der Waals surface area contributed by atoms with Gasteiger partial charge in [-0.2, -0.15) is 5.26 Å². The first kappa shape index (κ1) is 9.23. The van der Waals surface area contributed by atoms with E-state index in [1.807, 2.05) is 0 Å². The summed E-state index contributed by atoms with van der Waals surface area (Å²) in [6.07, 6.45) is 4.02. The first-order chi connectivity index (χ1) is 6.81. The molecule has 1 aliphatic carbocycles. The molecule has 2 nitrogen and oxygen atoms in total. The number of hydrogen-bond acceptors (Lipinski definition) is 2. The third-order valence-corrected chi connectivity index (χ3v) is 2.86. The molecule has 1 aromatic rings. The molecule has 0 bridgehead atoms. The van der Waals surface area contributed by atoms with E-state index in [2.05, 4.69) is 24.3 Å². The van der Waals surface area contributed by atoms with Crippen molar-refractivity contribution < 1.29 is 0 Å². The maximum atomic E-state index is 8.56. The molecule has 1 atom stereocenters. The molecule has 2 rings (SSSR count). The lowest BCUT2D eigenvalue weighted by molar-refractivity contribution is 0.747. The normalized spacial score (nSPS) is 16.0. The Morgan fingerprint density at radius 3 is 2.93 bits per heavy atom. The third-order valence-electron chi connectivity index (χ3n) is 2.86. The predicted molar refractivity (Wildman–Crippen MR) is 55.6 cm³/mol. The van der Waals surface area contributed by atoms with Gasteiger partial charge >= 0.3 is 0 Å². The van der Waals surface area contributed by atoms with Crippen LogP contribution in [0.2, 0.25) is 0 Å². The Hall–Kier alpha value is -1.33. The van der Waals surface area contributed by atoms with E-state index in [-0.39, 0.29) is 6.04 Å². The zero-order chi connectivity index (χ0) is 9.97. The molecule has 0 radical (unpaired) electrons. The molecule has 0 spiro atoms. The van der Waals surface area contributed by atoms with E-state index in [1.165, 1.54) is 30.4 Å². The molecule has 14 heavy (non-hydrogen) atoms. The number of fused-ring (bicyclic) bond motifs is 1. The molecule has 1 aliphatic rings. The zero-order valence-corrected chi connectivity index (χ0v) is 8.16. The largest absolute Gasteiger partial charge is 0.323 e. The van der Waals surface area contributed by atoms with Gasteiger partial charge in [0, 0.05) is 6.04 Å². The minimum absolute atomic E-state index is 0.120. The van der Waals surface area contributed by atoms with Gasteiger partial charge in [0.1, 0.15) is 0 Å². The van der Waals surface area contributed by atoms with Crippen molar-refractivity contribution in [2.45, 2.75) is 31.7 Å². The van der Waals surface area contributed by atoms with Crippen molar-refractivity contribution in [2.24, 2.45) is 5.73 Å². The summed E-state index contributed by atoms with van der Waals surface area (Å²) in [6.45, 7) is 0. The smallest absolute Gasteiger partial charge is 0.0641 e. The molecule has 0 saturated heterocycles. The number of hydrogen-bond donors (Lipinski definition) is 1. The first-order valence-corrected chi connectivity index (χ1v) is 5.05. The molecule has 0 aromatic heterocycles. The summed E-state index contributed by atoms with van der Waals surface area (Å²) in [7, 11) is 0. The maximum absolute atomic E-state index is 8.56. The van der Waals surface area contributed by atoms with E-state index in [9.17, 15) is 0 Å². The summed E-state index contributed by atoms with van der Waals surface area (Å²) in [5.41, 5.74) is 9.86. The van der Waals surface area contributed by atoms with Crippen LogP contribution in [0.5, 0.6) is 0 Å². The molecule has 2 N–H and O–H groups in total. The summed E-state index contributed by atoms with van der Waals surface area (Å²) in [5.74, 6) is 0. The first-order valence-electron chi connectivity index (χ1n) is 5.05. The van der Waals surface area contributed by atoms with Gasteiger partial charge in [-0.1, -0.05) is 18.2 Å². The van der Waals surface area contributed by atoms with Crippen molar-refractivity contribution in [3.63, 3.8) is 0 Å². The van der Waals surface area contributed by atoms with Crippen LogP contribution in [-0.2, 0) is 12.8 Å². The van der Waals surface area contributed by atoms with Crippen molar-refractivity contribution in [3.8, 4) is 6.07 Å². The number of benzene rings is 1. The average Bonchev–Trinajstić information content (AvgIpc) is 2.64. The Bertz CT molecular complexity index is 376. The molecule has 2 heteroatoms. The quantitative estimate of drug-likeness (QED) is 0.768. The van der Waals surface area contributed by atoms with Crippen LogP contribution in [0.1, 0.15) is 35.6 Å². The lowest BCUT2D eigenvalue weighted by Gasteiger charge is -2.09. The lowest BCUT2D eigenvalue weighted by Crippen LogP contribution is -2.09. The van der Waals surface area contributed by atoms with E-state index in [0.717, 1.165) is 5.56 Å². The summed E-state index contributed by atoms with van der Waals surface area (Å²) in [6, 6.07) is 8.38. The Morgan fingerprint density at radius 2 is 2.14 bits per heavy atom. The van der Waals surface area contributed by atoms with Crippen LogP contribution < -0.4 is 5.73 Å². The second-order valence-electron chi connectivity index (χ2n) is 3.85. The number of nitrogens with two attached hydrogens (primary N) is 1. The minimum atomic E-state index is -0.120. The molecule has 1 aromatic carbocycles. The predicted octanol–water partition coefficient (Wildman–Crippen LogP) is 2.09. The van der Waals surface area contributed by atoms with Crippen molar-refractivity contribution in [1.29, 1.82) is 5.26 Å². The van der Waals surface area contributed by atoms with Gasteiger partial charge in [0.2, 0.25) is 0 Å². The standard InChI is InChI=1S/C12H14N2/c13-7-6-12(14)11-5-4-9-2-1-3-10(9)8-11/h4-5,8,12H,1-3,6,14H2/t12-/m0/s1. The van der Waals surface area contributed by atoms with Crippen molar-refractivity contribution in [1.82, 2.24) is 0 Å². The summed E-state index contributed by atoms with van der Waals surface area (Å²) < 4.78 is 0. The molecule has 0 saturated carbocycles. The van der Waals surface area contributed by atoms with Crippen LogP contribution in [0.4, 0.5) is 0 Å². The molecule has 72 valence electrons. The highest BCUT2D eigenvalue weighted by atomic mass is 14.6. The van der Waals surface area contributed by atoms with Gasteiger partial charge in [-0.15, -0.1) is 0 Å². The number of nitrogens with zero attached hydrogens (tertiary/aromatic N) is 1. The van der Waals surface area contributed by atoms with Crippen LogP contribution in [0.25, 0.3) is 0 Å². The molecule has 0 amide bonds. The molecule has 0 aliphatic heterocycles. The van der Waals surface area contributed by atoms with Crippen LogP contribution in [0.3, 0.4) is 0 Å². The Labute approximate surface area is 84.3 Å². The van der Waals surface area contributed by atoms with Crippen molar-refractivity contribution in [2.75, 3.05) is 0 Å². The van der Waals surface area contributed by atoms with Gasteiger partial charge in [-0.3, -0.25) is 0 Å². The molecule has 0 unspecified atom stereocenters. The topological polar surface area (TPSA) is 49.8 Å². The highest BCUT2D eigenvalue weighted by molar-refractivity contribution is 5.36. The SMILES string of the molecule is N#CC[C@H](N)c1ccc2c(c1)CCC2. The minimum Gasteiger partial charge on any atom is -0.323 e. The maximum Gasteiger partial charge on any atom is 0.0641 e. The molecular weight excluding hydrogens is 172 g/mol. The van der Waals surface area contributed by atoms with Crippen molar-refractivity contribution >= 4 is 0 Å². The summed E-state index contributed by atoms with van der Waals surface area (Å²) in [4.78, 5) is 0. The van der Waals surface area contributed by atoms with E-state index >= 15 is 0 Å². The molecule has 0 fully saturated rings. The van der Waals surface area contributed by atoms with Gasteiger partial charge in [-0.25, -0.2) is 0 Å².